The van der Waals surface area contributed by atoms with Crippen molar-refractivity contribution < 1.29 is 4.79 Å². The van der Waals surface area contributed by atoms with E-state index in [0.717, 1.165) is 106 Å². The van der Waals surface area contributed by atoms with Crippen LogP contribution in [0.4, 0.5) is 5.69 Å². The summed E-state index contributed by atoms with van der Waals surface area (Å²) in [5, 5.41) is 3.26. The number of hydrogen-bond donors (Lipinski definition) is 3. The monoisotopic (exact) mass is 945 g/mol. The highest BCUT2D eigenvalue weighted by atomic mass is 16.1. The van der Waals surface area contributed by atoms with E-state index in [-0.39, 0.29) is 5.91 Å². The van der Waals surface area contributed by atoms with Crippen LogP contribution in [0.15, 0.2) is 207 Å². The van der Waals surface area contributed by atoms with E-state index in [1.54, 1.807) is 18.6 Å². The first-order valence-electron chi connectivity index (χ1n) is 24.3. The van der Waals surface area contributed by atoms with Crippen LogP contribution in [-0.2, 0) is 19.6 Å². The summed E-state index contributed by atoms with van der Waals surface area (Å²) in [6.45, 7) is 1.77. The number of anilines is 1. The lowest BCUT2D eigenvalue weighted by molar-refractivity contribution is 0.102. The van der Waals surface area contributed by atoms with Gasteiger partial charge in [-0.3, -0.25) is 24.6 Å². The minimum Gasteiger partial charge on any atom is -0.354 e. The maximum absolute atomic E-state index is 14.4. The zero-order chi connectivity index (χ0) is 48.9. The van der Waals surface area contributed by atoms with Crippen LogP contribution in [0.25, 0.3) is 90.9 Å². The van der Waals surface area contributed by atoms with E-state index in [1.807, 2.05) is 91.0 Å². The molecular formula is C63H47N9O. The molecule has 0 fully saturated rings. The Kier molecular flexibility index (Phi) is 12.2. The summed E-state index contributed by atoms with van der Waals surface area (Å²) in [5.41, 5.74) is 18.1. The standard InChI is InChI=1S/C63H47N9O/c73-63(45-26-27-48(66-38-45)41-72(39-46-22-12-14-36-64-46)40-47-23-13-15-37-65-47)71-50-25-11-10-24-49(50)62-57-34-32-55(69-57)60(43-18-6-2-7-19-43)53-30-28-51(67-53)59(42-16-4-1-5-17-42)52-29-31-54(68-52)61(44-20-8-3-9-21-44)56-33-35-58(62)70-56/h1-38,67,70H,39-41H2,(H,71,73). The molecule has 0 spiro atoms. The van der Waals surface area contributed by atoms with Gasteiger partial charge in [-0.2, -0.15) is 0 Å². The largest absolute Gasteiger partial charge is 0.354 e. The number of amides is 1. The number of aromatic amines is 2. The van der Waals surface area contributed by atoms with Crippen molar-refractivity contribution in [2.75, 3.05) is 5.32 Å². The molecule has 0 radical (unpaired) electrons. The topological polar surface area (TPSA) is 128 Å². The molecule has 3 N–H and O–H groups in total. The summed E-state index contributed by atoms with van der Waals surface area (Å²) in [4.78, 5) is 49.1. The molecule has 2 aliphatic heterocycles. The number of para-hydroxylation sites is 1. The Balaban J connectivity index is 0.989. The van der Waals surface area contributed by atoms with Crippen molar-refractivity contribution in [1.82, 2.24) is 39.8 Å². The molecule has 12 rings (SSSR count). The number of rotatable bonds is 12. The van der Waals surface area contributed by atoms with E-state index in [0.29, 0.717) is 30.9 Å². The zero-order valence-electron chi connectivity index (χ0n) is 39.7. The number of carbonyl (C=O) groups excluding carboxylic acids is 1. The number of nitrogens with zero attached hydrogens (tertiary/aromatic N) is 6. The predicted molar refractivity (Wildman–Crippen MR) is 294 cm³/mol. The third-order valence-corrected chi connectivity index (χ3v) is 13.1. The van der Waals surface area contributed by atoms with E-state index in [4.69, 9.17) is 15.0 Å². The van der Waals surface area contributed by atoms with Crippen LogP contribution in [0.5, 0.6) is 0 Å². The van der Waals surface area contributed by atoms with Gasteiger partial charge in [0.05, 0.1) is 45.4 Å². The molecule has 350 valence electrons. The molecule has 1 amide bonds. The lowest BCUT2D eigenvalue weighted by Crippen LogP contribution is -2.24. The van der Waals surface area contributed by atoms with Crippen LogP contribution in [0.3, 0.4) is 0 Å². The highest BCUT2D eigenvalue weighted by Crippen LogP contribution is 2.40. The number of H-pyrrole nitrogens is 2. The van der Waals surface area contributed by atoms with E-state index >= 15 is 0 Å². The number of nitrogens with one attached hydrogen (secondary N) is 3. The van der Waals surface area contributed by atoms with Gasteiger partial charge in [-0.05, 0) is 108 Å². The van der Waals surface area contributed by atoms with Gasteiger partial charge in [0.2, 0.25) is 0 Å². The molecule has 0 unspecified atom stereocenters. The van der Waals surface area contributed by atoms with Gasteiger partial charge in [0.25, 0.3) is 5.91 Å². The lowest BCUT2D eigenvalue weighted by atomic mass is 10.0. The van der Waals surface area contributed by atoms with Crippen LogP contribution in [0.1, 0.15) is 50.2 Å². The molecule has 0 saturated carbocycles. The molecule has 6 aromatic heterocycles. The first-order valence-corrected chi connectivity index (χ1v) is 24.3. The fourth-order valence-electron chi connectivity index (χ4n) is 9.71. The van der Waals surface area contributed by atoms with Gasteiger partial charge in [-0.1, -0.05) is 121 Å². The highest BCUT2D eigenvalue weighted by molar-refractivity contribution is 6.08. The van der Waals surface area contributed by atoms with Crippen molar-refractivity contribution in [2.24, 2.45) is 0 Å². The van der Waals surface area contributed by atoms with Crippen LogP contribution >= 0.6 is 0 Å². The van der Waals surface area contributed by atoms with Gasteiger partial charge in [-0.25, -0.2) is 9.97 Å². The maximum atomic E-state index is 14.4. The summed E-state index contributed by atoms with van der Waals surface area (Å²) in [6.07, 6.45) is 13.6. The van der Waals surface area contributed by atoms with Gasteiger partial charge in [0.1, 0.15) is 0 Å². The van der Waals surface area contributed by atoms with E-state index in [9.17, 15) is 4.79 Å². The third-order valence-electron chi connectivity index (χ3n) is 13.1. The summed E-state index contributed by atoms with van der Waals surface area (Å²) >= 11 is 0. The first-order chi connectivity index (χ1) is 36.1. The number of hydrogen-bond acceptors (Lipinski definition) is 7. The number of pyridine rings is 3. The molecule has 10 nitrogen and oxygen atoms in total. The van der Waals surface area contributed by atoms with Crippen LogP contribution in [0, 0.1) is 0 Å². The summed E-state index contributed by atoms with van der Waals surface area (Å²) < 4.78 is 0. The molecular weight excluding hydrogens is 899 g/mol. The van der Waals surface area contributed by atoms with Gasteiger partial charge in [-0.15, -0.1) is 0 Å². The van der Waals surface area contributed by atoms with Crippen molar-refractivity contribution >= 4 is 58.0 Å². The van der Waals surface area contributed by atoms with Gasteiger partial charge in [0, 0.05) is 93.8 Å². The Morgan fingerprint density at radius 1 is 0.411 bits per heavy atom. The van der Waals surface area contributed by atoms with E-state index in [2.05, 4.69) is 152 Å². The fraction of sp³-hybridized carbons (Fsp3) is 0.0476. The van der Waals surface area contributed by atoms with Gasteiger partial charge < -0.3 is 15.3 Å². The minimum atomic E-state index is -0.283. The van der Waals surface area contributed by atoms with E-state index < -0.39 is 0 Å². The molecule has 0 aliphatic carbocycles. The van der Waals surface area contributed by atoms with E-state index in [1.165, 1.54) is 0 Å². The summed E-state index contributed by atoms with van der Waals surface area (Å²) in [5.74, 6) is -0.283. The Bertz CT molecular complexity index is 3770. The highest BCUT2D eigenvalue weighted by Gasteiger charge is 2.21. The second kappa shape index (κ2) is 20.0. The number of fused-ring (bicyclic) bond motifs is 8. The molecule has 10 heteroatoms. The van der Waals surface area contributed by atoms with Crippen molar-refractivity contribution in [2.45, 2.75) is 19.6 Å². The predicted octanol–water partition coefficient (Wildman–Crippen LogP) is 14.0. The summed E-state index contributed by atoms with van der Waals surface area (Å²) in [6, 6.07) is 63.1. The molecule has 73 heavy (non-hydrogen) atoms. The molecule has 4 aromatic carbocycles. The molecule has 0 atom stereocenters. The normalized spacial score (nSPS) is 11.8. The smallest absolute Gasteiger partial charge is 0.257 e. The SMILES string of the molecule is O=C(Nc1ccccc1-c1c2nc(c(-c3ccccc3)c3ccc([nH]3)c(-c3ccccc3)c3nc(c(-c4ccccc4)c4ccc1[nH]4)C=C3)C=C2)c1ccc(CN(Cc2ccccn2)Cc2ccccn2)nc1. The van der Waals surface area contributed by atoms with Crippen LogP contribution < -0.4 is 5.32 Å². The molecule has 10 aromatic rings. The van der Waals surface area contributed by atoms with Crippen LogP contribution in [-0.4, -0.2) is 45.7 Å². The quantitative estimate of drug-likeness (QED) is 0.111. The minimum absolute atomic E-state index is 0.283. The van der Waals surface area contributed by atoms with Gasteiger partial charge >= 0.3 is 0 Å². The lowest BCUT2D eigenvalue weighted by Gasteiger charge is -2.21. The Morgan fingerprint density at radius 2 is 0.822 bits per heavy atom. The summed E-state index contributed by atoms with van der Waals surface area (Å²) in [7, 11) is 0. The maximum Gasteiger partial charge on any atom is 0.257 e. The molecule has 2 aliphatic rings. The average molecular weight is 946 g/mol. The second-order valence-corrected chi connectivity index (χ2v) is 17.9. The van der Waals surface area contributed by atoms with Crippen molar-refractivity contribution in [3.05, 3.63) is 252 Å². The molecule has 8 heterocycles. The van der Waals surface area contributed by atoms with Crippen molar-refractivity contribution in [3.63, 3.8) is 0 Å². The number of benzene rings is 4. The van der Waals surface area contributed by atoms with Crippen LogP contribution in [0.2, 0.25) is 0 Å². The van der Waals surface area contributed by atoms with Crippen molar-refractivity contribution in [1.29, 1.82) is 0 Å². The Morgan fingerprint density at radius 3 is 1.26 bits per heavy atom. The number of aromatic nitrogens is 7. The van der Waals surface area contributed by atoms with Gasteiger partial charge in [0.15, 0.2) is 0 Å². The fourth-order valence-corrected chi connectivity index (χ4v) is 9.71. The number of carbonyl (C=O) groups is 1. The zero-order valence-corrected chi connectivity index (χ0v) is 39.7. The first kappa shape index (κ1) is 44.6. The molecule has 0 saturated heterocycles. The Hall–Kier alpha value is -9.64. The Labute approximate surface area is 422 Å². The van der Waals surface area contributed by atoms with Crippen molar-refractivity contribution in [3.8, 4) is 44.5 Å². The third kappa shape index (κ3) is 9.41. The average Bonchev–Trinajstić information content (AvgIpc) is 4.30. The second-order valence-electron chi connectivity index (χ2n) is 17.9. The molecule has 8 bridgehead atoms.